The normalized spacial score (nSPS) is 38.9. The number of carbonyl (C=O) groups is 2. The molecule has 0 aromatic carbocycles. The van der Waals surface area contributed by atoms with Crippen molar-refractivity contribution in [2.24, 2.45) is 23.7 Å². The van der Waals surface area contributed by atoms with Crippen molar-refractivity contribution >= 4 is 11.9 Å². The second-order valence-corrected chi connectivity index (χ2v) is 6.36. The maximum Gasteiger partial charge on any atom is 0.307 e. The van der Waals surface area contributed by atoms with Gasteiger partial charge in [-0.15, -0.1) is 0 Å². The van der Waals surface area contributed by atoms with E-state index in [4.69, 9.17) is 0 Å². The van der Waals surface area contributed by atoms with Crippen LogP contribution in [0.5, 0.6) is 0 Å². The number of amides is 1. The summed E-state index contributed by atoms with van der Waals surface area (Å²) in [5.74, 6) is -0.509. The van der Waals surface area contributed by atoms with Gasteiger partial charge in [-0.25, -0.2) is 0 Å². The molecule has 2 fully saturated rings. The van der Waals surface area contributed by atoms with E-state index in [0.29, 0.717) is 18.3 Å². The van der Waals surface area contributed by atoms with Crippen molar-refractivity contribution in [2.45, 2.75) is 58.4 Å². The Labute approximate surface area is 115 Å². The van der Waals surface area contributed by atoms with E-state index >= 15 is 0 Å². The molecule has 2 aliphatic rings. The molecule has 19 heavy (non-hydrogen) atoms. The molecule has 0 aromatic heterocycles. The molecule has 2 saturated carbocycles. The van der Waals surface area contributed by atoms with Crippen molar-refractivity contribution in [3.05, 3.63) is 0 Å². The summed E-state index contributed by atoms with van der Waals surface area (Å²) in [7, 11) is 0. The van der Waals surface area contributed by atoms with Crippen LogP contribution < -0.4 is 5.32 Å². The van der Waals surface area contributed by atoms with E-state index in [1.165, 1.54) is 0 Å². The molecule has 0 saturated heterocycles. The van der Waals surface area contributed by atoms with Crippen LogP contribution in [0.15, 0.2) is 0 Å². The van der Waals surface area contributed by atoms with Gasteiger partial charge in [-0.05, 0) is 37.5 Å². The van der Waals surface area contributed by atoms with Gasteiger partial charge in [0.25, 0.3) is 0 Å². The van der Waals surface area contributed by atoms with Gasteiger partial charge in [0.2, 0.25) is 5.91 Å². The highest BCUT2D eigenvalue weighted by Crippen LogP contribution is 2.34. The van der Waals surface area contributed by atoms with Crippen LogP contribution in [0.25, 0.3) is 0 Å². The Morgan fingerprint density at radius 1 is 1.00 bits per heavy atom. The summed E-state index contributed by atoms with van der Waals surface area (Å²) >= 11 is 0. The molecule has 5 unspecified atom stereocenters. The van der Waals surface area contributed by atoms with Crippen molar-refractivity contribution in [3.63, 3.8) is 0 Å². The third kappa shape index (κ3) is 3.10. The molecule has 0 aliphatic heterocycles. The van der Waals surface area contributed by atoms with Crippen LogP contribution in [0.1, 0.15) is 52.4 Å². The zero-order valence-corrected chi connectivity index (χ0v) is 11.9. The third-order valence-electron chi connectivity index (χ3n) is 5.21. The molecule has 0 heterocycles. The maximum atomic E-state index is 12.3. The molecule has 108 valence electrons. The van der Waals surface area contributed by atoms with Gasteiger partial charge in [0.15, 0.2) is 0 Å². The average Bonchev–Trinajstić information content (AvgIpc) is 2.70. The van der Waals surface area contributed by atoms with E-state index < -0.39 is 11.9 Å². The van der Waals surface area contributed by atoms with E-state index in [9.17, 15) is 14.7 Å². The molecule has 2 N–H and O–H groups in total. The highest BCUT2D eigenvalue weighted by atomic mass is 16.4. The van der Waals surface area contributed by atoms with Crippen LogP contribution in [0, 0.1) is 23.7 Å². The molecule has 2 rings (SSSR count). The molecule has 2 aliphatic carbocycles. The molecule has 0 aromatic rings. The number of carboxylic acids is 1. The Morgan fingerprint density at radius 2 is 1.63 bits per heavy atom. The van der Waals surface area contributed by atoms with Gasteiger partial charge < -0.3 is 10.4 Å². The first-order valence-electron chi connectivity index (χ1n) is 7.54. The molecule has 0 radical (unpaired) electrons. The van der Waals surface area contributed by atoms with E-state index in [1.807, 2.05) is 0 Å². The SMILES string of the molecule is CC1CCC(NC(=O)C2CCCCC2C(=O)O)C1C. The minimum atomic E-state index is -0.812. The topological polar surface area (TPSA) is 66.4 Å². The van der Waals surface area contributed by atoms with Crippen molar-refractivity contribution in [2.75, 3.05) is 0 Å². The lowest BCUT2D eigenvalue weighted by atomic mass is 9.78. The van der Waals surface area contributed by atoms with Gasteiger partial charge in [0, 0.05) is 6.04 Å². The summed E-state index contributed by atoms with van der Waals surface area (Å²) in [6.07, 6.45) is 5.44. The van der Waals surface area contributed by atoms with Crippen LogP contribution in [-0.2, 0) is 9.59 Å². The lowest BCUT2D eigenvalue weighted by molar-refractivity contribution is -0.149. The van der Waals surface area contributed by atoms with Gasteiger partial charge >= 0.3 is 5.97 Å². The van der Waals surface area contributed by atoms with Crippen LogP contribution in [0.3, 0.4) is 0 Å². The van der Waals surface area contributed by atoms with Crippen LogP contribution >= 0.6 is 0 Å². The van der Waals surface area contributed by atoms with E-state index in [2.05, 4.69) is 19.2 Å². The third-order valence-corrected chi connectivity index (χ3v) is 5.21. The first-order valence-corrected chi connectivity index (χ1v) is 7.54. The molecule has 5 atom stereocenters. The maximum absolute atomic E-state index is 12.3. The highest BCUT2D eigenvalue weighted by molar-refractivity contribution is 5.85. The molecular formula is C15H25NO3. The molecule has 0 spiro atoms. The predicted molar refractivity (Wildman–Crippen MR) is 72.6 cm³/mol. The highest BCUT2D eigenvalue weighted by Gasteiger charge is 2.38. The molecular weight excluding hydrogens is 242 g/mol. The van der Waals surface area contributed by atoms with Crippen LogP contribution in [0.4, 0.5) is 0 Å². The second kappa shape index (κ2) is 5.93. The summed E-state index contributed by atoms with van der Waals surface area (Å²) in [4.78, 5) is 23.6. The molecule has 4 heteroatoms. The van der Waals surface area contributed by atoms with Crippen LogP contribution in [-0.4, -0.2) is 23.0 Å². The summed E-state index contributed by atoms with van der Waals surface area (Å²) < 4.78 is 0. The average molecular weight is 267 g/mol. The lowest BCUT2D eigenvalue weighted by Crippen LogP contribution is -2.45. The largest absolute Gasteiger partial charge is 0.481 e. The van der Waals surface area contributed by atoms with E-state index in [1.54, 1.807) is 0 Å². The number of hydrogen-bond donors (Lipinski definition) is 2. The van der Waals surface area contributed by atoms with Crippen molar-refractivity contribution in [3.8, 4) is 0 Å². The zero-order valence-electron chi connectivity index (χ0n) is 11.9. The van der Waals surface area contributed by atoms with Gasteiger partial charge in [-0.1, -0.05) is 26.7 Å². The van der Waals surface area contributed by atoms with E-state index in [0.717, 1.165) is 32.1 Å². The first-order chi connectivity index (χ1) is 9.00. The Morgan fingerprint density at radius 3 is 2.16 bits per heavy atom. The predicted octanol–water partition coefficient (Wildman–Crippen LogP) is 2.43. The molecule has 4 nitrogen and oxygen atoms in total. The van der Waals surface area contributed by atoms with Crippen LogP contribution in [0.2, 0.25) is 0 Å². The fourth-order valence-corrected chi connectivity index (χ4v) is 3.60. The van der Waals surface area contributed by atoms with Gasteiger partial charge in [-0.3, -0.25) is 9.59 Å². The first kappa shape index (κ1) is 14.4. The number of rotatable bonds is 3. The van der Waals surface area contributed by atoms with E-state index in [-0.39, 0.29) is 17.9 Å². The van der Waals surface area contributed by atoms with Gasteiger partial charge in [-0.2, -0.15) is 0 Å². The summed E-state index contributed by atoms with van der Waals surface area (Å²) in [5, 5.41) is 12.3. The number of aliphatic carboxylic acids is 1. The Bertz CT molecular complexity index is 355. The monoisotopic (exact) mass is 267 g/mol. The lowest BCUT2D eigenvalue weighted by Gasteiger charge is -2.29. The van der Waals surface area contributed by atoms with Gasteiger partial charge in [0.05, 0.1) is 11.8 Å². The minimum Gasteiger partial charge on any atom is -0.481 e. The molecule has 1 amide bonds. The van der Waals surface area contributed by atoms with Gasteiger partial charge in [0.1, 0.15) is 0 Å². The Kier molecular flexibility index (Phi) is 4.48. The number of nitrogens with one attached hydrogen (secondary N) is 1. The van der Waals surface area contributed by atoms with Crippen molar-refractivity contribution in [1.82, 2.24) is 5.32 Å². The quantitative estimate of drug-likeness (QED) is 0.825. The zero-order chi connectivity index (χ0) is 14.0. The standard InChI is InChI=1S/C15H25NO3/c1-9-7-8-13(10(9)2)16-14(17)11-5-3-4-6-12(11)15(18)19/h9-13H,3-8H2,1-2H3,(H,16,17)(H,18,19). The number of carboxylic acid groups (broad SMARTS) is 1. The smallest absolute Gasteiger partial charge is 0.307 e. The Balaban J connectivity index is 1.96. The molecule has 0 bridgehead atoms. The summed E-state index contributed by atoms with van der Waals surface area (Å²) in [6, 6.07) is 0.235. The second-order valence-electron chi connectivity index (χ2n) is 6.36. The Hall–Kier alpha value is -1.06. The fourth-order valence-electron chi connectivity index (χ4n) is 3.60. The minimum absolute atomic E-state index is 0.0296. The summed E-state index contributed by atoms with van der Waals surface area (Å²) in [6.45, 7) is 4.40. The van der Waals surface area contributed by atoms with Crippen molar-refractivity contribution < 1.29 is 14.7 Å². The summed E-state index contributed by atoms with van der Waals surface area (Å²) in [5.41, 5.74) is 0. The fraction of sp³-hybridized carbons (Fsp3) is 0.867. The number of hydrogen-bond acceptors (Lipinski definition) is 2. The van der Waals surface area contributed by atoms with Crippen molar-refractivity contribution in [1.29, 1.82) is 0 Å². The number of carbonyl (C=O) groups excluding carboxylic acids is 1.